The molecule has 2 heterocycles. The van der Waals surface area contributed by atoms with E-state index in [0.29, 0.717) is 6.04 Å². The summed E-state index contributed by atoms with van der Waals surface area (Å²) in [6.45, 7) is 15.8. The average Bonchev–Trinajstić information content (AvgIpc) is 3.27. The molecule has 2 unspecified atom stereocenters. The van der Waals surface area contributed by atoms with E-state index in [9.17, 15) is 0 Å². The first-order chi connectivity index (χ1) is 17.0. The van der Waals surface area contributed by atoms with E-state index in [-0.39, 0.29) is 6.04 Å². The molecule has 0 saturated heterocycles. The summed E-state index contributed by atoms with van der Waals surface area (Å²) in [6, 6.07) is 14.3. The highest BCUT2D eigenvalue weighted by Crippen LogP contribution is 2.41. The summed E-state index contributed by atoms with van der Waals surface area (Å²) < 4.78 is 6.08. The first kappa shape index (κ1) is 25.7. The lowest BCUT2D eigenvalue weighted by Crippen LogP contribution is -2.46. The van der Waals surface area contributed by atoms with Gasteiger partial charge < -0.3 is 4.74 Å². The molecule has 0 radical (unpaired) electrons. The fourth-order valence-corrected chi connectivity index (χ4v) is 6.01. The molecular formula is C31H43N3O. The molecule has 0 aliphatic carbocycles. The molecule has 0 amide bonds. The Bertz CT molecular complexity index is 1090. The molecule has 1 aliphatic rings. The van der Waals surface area contributed by atoms with Gasteiger partial charge in [0.2, 0.25) is 0 Å². The highest BCUT2D eigenvalue weighted by atomic mass is 16.5. The third-order valence-corrected chi connectivity index (χ3v) is 7.63. The van der Waals surface area contributed by atoms with Gasteiger partial charge in [-0.2, -0.15) is 5.10 Å². The second kappa shape index (κ2) is 11.5. The third kappa shape index (κ3) is 5.24. The Hall–Kier alpha value is -2.43. The molecule has 2 aromatic carbocycles. The quantitative estimate of drug-likeness (QED) is 0.358. The van der Waals surface area contributed by atoms with Gasteiger partial charge in [-0.3, -0.25) is 10.00 Å². The van der Waals surface area contributed by atoms with Crippen molar-refractivity contribution in [2.24, 2.45) is 0 Å². The van der Waals surface area contributed by atoms with Gasteiger partial charge in [-0.1, -0.05) is 63.6 Å². The largest absolute Gasteiger partial charge is 0.380 e. The van der Waals surface area contributed by atoms with Crippen LogP contribution in [0.2, 0.25) is 0 Å². The molecule has 0 saturated carbocycles. The summed E-state index contributed by atoms with van der Waals surface area (Å²) >= 11 is 0. The van der Waals surface area contributed by atoms with Gasteiger partial charge in [-0.15, -0.1) is 0 Å². The van der Waals surface area contributed by atoms with Crippen LogP contribution < -0.4 is 0 Å². The maximum Gasteiger partial charge on any atom is 0.0673 e. The Kier molecular flexibility index (Phi) is 8.46. The summed E-state index contributed by atoms with van der Waals surface area (Å²) in [4.78, 5) is 2.72. The molecule has 0 spiro atoms. The highest BCUT2D eigenvalue weighted by Gasteiger charge is 2.37. The zero-order valence-corrected chi connectivity index (χ0v) is 22.6. The summed E-state index contributed by atoms with van der Waals surface area (Å²) in [7, 11) is 0. The Morgan fingerprint density at radius 1 is 1.00 bits per heavy atom. The number of aromatic nitrogens is 2. The van der Waals surface area contributed by atoms with Crippen LogP contribution in [0, 0.1) is 13.8 Å². The van der Waals surface area contributed by atoms with Crippen LogP contribution in [0.3, 0.4) is 0 Å². The van der Waals surface area contributed by atoms with E-state index in [2.05, 4.69) is 87.9 Å². The molecule has 1 aliphatic heterocycles. The van der Waals surface area contributed by atoms with Crippen LogP contribution in [-0.4, -0.2) is 34.4 Å². The van der Waals surface area contributed by atoms with Gasteiger partial charge in [-0.25, -0.2) is 0 Å². The lowest BCUT2D eigenvalue weighted by molar-refractivity contribution is 0.0387. The smallest absolute Gasteiger partial charge is 0.0673 e. The van der Waals surface area contributed by atoms with Gasteiger partial charge in [0.05, 0.1) is 18.3 Å². The lowest BCUT2D eigenvalue weighted by Gasteiger charge is -2.43. The van der Waals surface area contributed by atoms with Crippen LogP contribution in [0.1, 0.15) is 90.5 Å². The Labute approximate surface area is 212 Å². The molecular weight excluding hydrogens is 430 g/mol. The number of nitrogens with one attached hydrogen (secondary N) is 1. The van der Waals surface area contributed by atoms with Crippen LogP contribution in [0.25, 0.3) is 0 Å². The molecule has 4 rings (SSSR count). The monoisotopic (exact) mass is 473 g/mol. The van der Waals surface area contributed by atoms with Gasteiger partial charge in [0.1, 0.15) is 0 Å². The molecule has 188 valence electrons. The van der Waals surface area contributed by atoms with Gasteiger partial charge >= 0.3 is 0 Å². The summed E-state index contributed by atoms with van der Waals surface area (Å²) in [6.07, 6.45) is 5.19. The third-order valence-electron chi connectivity index (χ3n) is 7.63. The van der Waals surface area contributed by atoms with Crippen molar-refractivity contribution in [1.29, 1.82) is 0 Å². The van der Waals surface area contributed by atoms with Crippen LogP contribution in [0.5, 0.6) is 0 Å². The Balaban J connectivity index is 1.92. The normalized spacial score (nSPS) is 16.9. The van der Waals surface area contributed by atoms with Crippen molar-refractivity contribution < 1.29 is 4.74 Å². The fraction of sp³-hybridized carbons (Fsp3) is 0.516. The van der Waals surface area contributed by atoms with Gasteiger partial charge in [0, 0.05) is 30.5 Å². The van der Waals surface area contributed by atoms with E-state index >= 15 is 0 Å². The van der Waals surface area contributed by atoms with Crippen molar-refractivity contribution in [3.63, 3.8) is 0 Å². The number of nitrogens with zero attached hydrogens (tertiary/aromatic N) is 2. The number of fused-ring (bicyclic) bond motifs is 1. The molecule has 35 heavy (non-hydrogen) atoms. The SMILES string of the molecule is CCCc1cc(C)c(C(c2c(CC)n[nH]c2CC)N2Cc3ccccc3CC2COCC)c(C)c1. The molecule has 0 bridgehead atoms. The highest BCUT2D eigenvalue weighted by molar-refractivity contribution is 5.48. The Morgan fingerprint density at radius 3 is 2.34 bits per heavy atom. The minimum Gasteiger partial charge on any atom is -0.380 e. The van der Waals surface area contributed by atoms with Gasteiger partial charge in [0.15, 0.2) is 0 Å². The summed E-state index contributed by atoms with van der Waals surface area (Å²) in [5.41, 5.74) is 12.4. The molecule has 0 fully saturated rings. The number of H-pyrrole nitrogens is 1. The average molecular weight is 474 g/mol. The van der Waals surface area contributed by atoms with E-state index in [1.165, 1.54) is 56.8 Å². The zero-order chi connectivity index (χ0) is 24.9. The Morgan fingerprint density at radius 2 is 1.71 bits per heavy atom. The van der Waals surface area contributed by atoms with Gasteiger partial charge in [-0.05, 0) is 79.8 Å². The minimum atomic E-state index is 0.146. The van der Waals surface area contributed by atoms with E-state index < -0.39 is 0 Å². The first-order valence-electron chi connectivity index (χ1n) is 13.6. The lowest BCUT2D eigenvalue weighted by atomic mass is 9.83. The van der Waals surface area contributed by atoms with Crippen molar-refractivity contribution in [1.82, 2.24) is 15.1 Å². The number of hydrogen-bond donors (Lipinski definition) is 1. The van der Waals surface area contributed by atoms with Crippen molar-refractivity contribution in [2.75, 3.05) is 13.2 Å². The fourth-order valence-electron chi connectivity index (χ4n) is 6.01. The number of aromatic amines is 1. The number of benzene rings is 2. The summed E-state index contributed by atoms with van der Waals surface area (Å²) in [5.74, 6) is 0. The van der Waals surface area contributed by atoms with Gasteiger partial charge in [0.25, 0.3) is 0 Å². The first-order valence-corrected chi connectivity index (χ1v) is 13.6. The number of hydrogen-bond acceptors (Lipinski definition) is 3. The van der Waals surface area contributed by atoms with E-state index in [0.717, 1.165) is 45.4 Å². The van der Waals surface area contributed by atoms with Crippen molar-refractivity contribution >= 4 is 0 Å². The minimum absolute atomic E-state index is 0.146. The predicted molar refractivity (Wildman–Crippen MR) is 145 cm³/mol. The maximum atomic E-state index is 6.08. The molecule has 1 aromatic heterocycles. The van der Waals surface area contributed by atoms with Crippen molar-refractivity contribution in [2.45, 2.75) is 92.3 Å². The number of aryl methyl sites for hydroxylation is 5. The second-order valence-electron chi connectivity index (χ2n) is 10.0. The second-order valence-corrected chi connectivity index (χ2v) is 10.0. The molecule has 4 heteroatoms. The zero-order valence-electron chi connectivity index (χ0n) is 22.6. The van der Waals surface area contributed by atoms with Crippen molar-refractivity contribution in [3.8, 4) is 0 Å². The topological polar surface area (TPSA) is 41.2 Å². The standard InChI is InChI=1S/C31H43N3O/c1-7-13-23-16-21(5)29(22(6)17-23)31(30-27(8-2)32-33-28(30)9-3)34-19-25-15-12-11-14-24(25)18-26(34)20-35-10-4/h11-12,14-17,26,31H,7-10,13,18-20H2,1-6H3,(H,32,33). The summed E-state index contributed by atoms with van der Waals surface area (Å²) in [5, 5.41) is 8.21. The molecule has 3 aromatic rings. The van der Waals surface area contributed by atoms with Crippen LogP contribution in [0.4, 0.5) is 0 Å². The van der Waals surface area contributed by atoms with Crippen LogP contribution >= 0.6 is 0 Å². The predicted octanol–water partition coefficient (Wildman–Crippen LogP) is 6.66. The number of rotatable bonds is 10. The van der Waals surface area contributed by atoms with Crippen molar-refractivity contribution in [3.05, 3.63) is 86.7 Å². The molecule has 4 nitrogen and oxygen atoms in total. The van der Waals surface area contributed by atoms with Crippen LogP contribution in [0.15, 0.2) is 36.4 Å². The molecule has 1 N–H and O–H groups in total. The van der Waals surface area contributed by atoms with Crippen LogP contribution in [-0.2, 0) is 37.0 Å². The molecule has 2 atom stereocenters. The van der Waals surface area contributed by atoms with E-state index in [1.54, 1.807) is 0 Å². The maximum absolute atomic E-state index is 6.08. The number of ether oxygens (including phenoxy) is 1. The van der Waals surface area contributed by atoms with E-state index in [1.807, 2.05) is 0 Å². The van der Waals surface area contributed by atoms with E-state index in [4.69, 9.17) is 9.84 Å².